The molecule has 0 spiro atoms. The van der Waals surface area contributed by atoms with Crippen molar-refractivity contribution in [3.63, 3.8) is 0 Å². The van der Waals surface area contributed by atoms with Gasteiger partial charge in [-0.25, -0.2) is 10.2 Å². The van der Waals surface area contributed by atoms with E-state index >= 15 is 0 Å². The fourth-order valence-corrected chi connectivity index (χ4v) is 1.25. The van der Waals surface area contributed by atoms with Crippen LogP contribution in [0.3, 0.4) is 0 Å². The zero-order valence-corrected chi connectivity index (χ0v) is 7.68. The van der Waals surface area contributed by atoms with Crippen LogP contribution in [0.15, 0.2) is 17.5 Å². The minimum atomic E-state index is -0.704. The van der Waals surface area contributed by atoms with E-state index in [1.807, 2.05) is 0 Å². The summed E-state index contributed by atoms with van der Waals surface area (Å²) in [6, 6.07) is 3.40. The van der Waals surface area contributed by atoms with Crippen LogP contribution in [0.1, 0.15) is 9.67 Å². The SMILES string of the molecule is COC(=O)NNC(=O)c1cccs1. The molecule has 0 fully saturated rings. The quantitative estimate of drug-likeness (QED) is 0.657. The summed E-state index contributed by atoms with van der Waals surface area (Å²) in [5.41, 5.74) is 4.25. The minimum absolute atomic E-state index is 0.361. The summed E-state index contributed by atoms with van der Waals surface area (Å²) in [6.07, 6.45) is -0.704. The molecule has 0 atom stereocenters. The highest BCUT2D eigenvalue weighted by Gasteiger charge is 2.06. The Balaban J connectivity index is 2.39. The highest BCUT2D eigenvalue weighted by Crippen LogP contribution is 2.06. The molecule has 1 aromatic heterocycles. The van der Waals surface area contributed by atoms with E-state index in [4.69, 9.17) is 0 Å². The Labute approximate surface area is 78.7 Å². The summed E-state index contributed by atoms with van der Waals surface area (Å²) >= 11 is 1.29. The predicted octanol–water partition coefficient (Wildman–Crippen LogP) is 0.749. The summed E-state index contributed by atoms with van der Waals surface area (Å²) in [5.74, 6) is -0.361. The molecule has 6 heteroatoms. The average Bonchev–Trinajstić information content (AvgIpc) is 2.66. The summed E-state index contributed by atoms with van der Waals surface area (Å²) < 4.78 is 4.26. The Bertz CT molecular complexity index is 297. The van der Waals surface area contributed by atoms with E-state index in [0.717, 1.165) is 0 Å². The molecule has 70 valence electrons. The lowest BCUT2D eigenvalue weighted by molar-refractivity contribution is 0.0924. The molecular formula is C7H8N2O3S. The van der Waals surface area contributed by atoms with Crippen LogP contribution in [0.4, 0.5) is 4.79 Å². The maximum Gasteiger partial charge on any atom is 0.425 e. The molecule has 0 aliphatic heterocycles. The number of carbonyl (C=O) groups excluding carboxylic acids is 2. The van der Waals surface area contributed by atoms with Gasteiger partial charge < -0.3 is 4.74 Å². The van der Waals surface area contributed by atoms with Gasteiger partial charge in [-0.3, -0.25) is 10.2 Å². The Morgan fingerprint density at radius 3 is 2.77 bits per heavy atom. The van der Waals surface area contributed by atoms with Gasteiger partial charge in [0.2, 0.25) is 0 Å². The van der Waals surface area contributed by atoms with Crippen molar-refractivity contribution in [1.82, 2.24) is 10.9 Å². The third-order valence-corrected chi connectivity index (χ3v) is 2.08. The van der Waals surface area contributed by atoms with Crippen molar-refractivity contribution in [1.29, 1.82) is 0 Å². The molecule has 13 heavy (non-hydrogen) atoms. The Hall–Kier alpha value is -1.56. The number of nitrogens with one attached hydrogen (secondary N) is 2. The minimum Gasteiger partial charge on any atom is -0.452 e. The normalized spacial score (nSPS) is 9.00. The molecule has 1 rings (SSSR count). The largest absolute Gasteiger partial charge is 0.452 e. The highest BCUT2D eigenvalue weighted by molar-refractivity contribution is 7.12. The monoisotopic (exact) mass is 200 g/mol. The van der Waals surface area contributed by atoms with Crippen LogP contribution < -0.4 is 10.9 Å². The van der Waals surface area contributed by atoms with Gasteiger partial charge in [0.1, 0.15) is 0 Å². The van der Waals surface area contributed by atoms with Crippen molar-refractivity contribution in [3.05, 3.63) is 22.4 Å². The van der Waals surface area contributed by atoms with Crippen molar-refractivity contribution in [2.45, 2.75) is 0 Å². The molecule has 0 aliphatic carbocycles. The molecule has 0 saturated heterocycles. The van der Waals surface area contributed by atoms with Gasteiger partial charge >= 0.3 is 6.09 Å². The Morgan fingerprint density at radius 1 is 1.46 bits per heavy atom. The van der Waals surface area contributed by atoms with Gasteiger partial charge in [0.05, 0.1) is 12.0 Å². The molecular weight excluding hydrogens is 192 g/mol. The van der Waals surface area contributed by atoms with Gasteiger partial charge in [0, 0.05) is 0 Å². The lowest BCUT2D eigenvalue weighted by atomic mass is 10.4. The average molecular weight is 200 g/mol. The molecule has 0 aromatic carbocycles. The first-order valence-electron chi connectivity index (χ1n) is 3.42. The van der Waals surface area contributed by atoms with E-state index in [9.17, 15) is 9.59 Å². The van der Waals surface area contributed by atoms with Crippen molar-refractivity contribution < 1.29 is 14.3 Å². The topological polar surface area (TPSA) is 67.4 Å². The number of hydrazine groups is 1. The number of amides is 2. The van der Waals surface area contributed by atoms with E-state index in [1.54, 1.807) is 17.5 Å². The molecule has 5 nitrogen and oxygen atoms in total. The zero-order valence-electron chi connectivity index (χ0n) is 6.87. The number of rotatable bonds is 1. The van der Waals surface area contributed by atoms with Crippen LogP contribution in [0.25, 0.3) is 0 Å². The van der Waals surface area contributed by atoms with Gasteiger partial charge in [-0.05, 0) is 11.4 Å². The lowest BCUT2D eigenvalue weighted by Crippen LogP contribution is -2.41. The summed E-state index contributed by atoms with van der Waals surface area (Å²) in [7, 11) is 1.21. The standard InChI is InChI=1S/C7H8N2O3S/c1-12-7(11)9-8-6(10)5-3-2-4-13-5/h2-4H,1H3,(H,8,10)(H,9,11). The molecule has 0 aliphatic rings. The van der Waals surface area contributed by atoms with Crippen LogP contribution in [0.5, 0.6) is 0 Å². The first-order valence-corrected chi connectivity index (χ1v) is 4.30. The number of ether oxygens (including phenoxy) is 1. The molecule has 2 amide bonds. The first kappa shape index (κ1) is 9.53. The Kier molecular flexibility index (Phi) is 3.27. The van der Waals surface area contributed by atoms with Crippen LogP contribution in [0.2, 0.25) is 0 Å². The maximum atomic E-state index is 11.2. The Morgan fingerprint density at radius 2 is 2.23 bits per heavy atom. The number of methoxy groups -OCH3 is 1. The van der Waals surface area contributed by atoms with E-state index in [0.29, 0.717) is 4.88 Å². The molecule has 0 radical (unpaired) electrons. The summed E-state index contributed by atoms with van der Waals surface area (Å²) in [5, 5.41) is 1.77. The molecule has 0 bridgehead atoms. The van der Waals surface area contributed by atoms with Crippen molar-refractivity contribution in [3.8, 4) is 0 Å². The predicted molar refractivity (Wildman–Crippen MR) is 47.3 cm³/mol. The second kappa shape index (κ2) is 4.46. The van der Waals surface area contributed by atoms with Crippen LogP contribution in [-0.4, -0.2) is 19.1 Å². The van der Waals surface area contributed by atoms with Gasteiger partial charge in [0.25, 0.3) is 5.91 Å². The van der Waals surface area contributed by atoms with Gasteiger partial charge in [-0.15, -0.1) is 11.3 Å². The fraction of sp³-hybridized carbons (Fsp3) is 0.143. The number of hydrogen-bond donors (Lipinski definition) is 2. The summed E-state index contributed by atoms with van der Waals surface area (Å²) in [6.45, 7) is 0. The van der Waals surface area contributed by atoms with Crippen LogP contribution in [-0.2, 0) is 4.74 Å². The van der Waals surface area contributed by atoms with Gasteiger partial charge in [-0.2, -0.15) is 0 Å². The fourth-order valence-electron chi connectivity index (χ4n) is 0.628. The summed E-state index contributed by atoms with van der Waals surface area (Å²) in [4.78, 5) is 22.2. The zero-order chi connectivity index (χ0) is 9.68. The van der Waals surface area contributed by atoms with E-state index < -0.39 is 6.09 Å². The van der Waals surface area contributed by atoms with E-state index in [1.165, 1.54) is 18.4 Å². The van der Waals surface area contributed by atoms with Crippen molar-refractivity contribution >= 4 is 23.3 Å². The second-order valence-electron chi connectivity index (χ2n) is 2.05. The maximum absolute atomic E-state index is 11.2. The molecule has 0 unspecified atom stereocenters. The van der Waals surface area contributed by atoms with Gasteiger partial charge in [0.15, 0.2) is 0 Å². The third-order valence-electron chi connectivity index (χ3n) is 1.21. The van der Waals surface area contributed by atoms with Crippen LogP contribution >= 0.6 is 11.3 Å². The highest BCUT2D eigenvalue weighted by atomic mass is 32.1. The first-order chi connectivity index (χ1) is 6.24. The lowest BCUT2D eigenvalue weighted by Gasteiger charge is -2.03. The molecule has 1 heterocycles. The molecule has 1 aromatic rings. The van der Waals surface area contributed by atoms with Gasteiger partial charge in [-0.1, -0.05) is 6.07 Å². The van der Waals surface area contributed by atoms with E-state index in [-0.39, 0.29) is 5.91 Å². The van der Waals surface area contributed by atoms with Crippen molar-refractivity contribution in [2.75, 3.05) is 7.11 Å². The van der Waals surface area contributed by atoms with Crippen LogP contribution in [0, 0.1) is 0 Å². The van der Waals surface area contributed by atoms with E-state index in [2.05, 4.69) is 15.6 Å². The molecule has 0 saturated carbocycles. The molecule has 2 N–H and O–H groups in total. The number of carbonyl (C=O) groups is 2. The number of thiophene rings is 1. The van der Waals surface area contributed by atoms with Crippen molar-refractivity contribution in [2.24, 2.45) is 0 Å². The number of hydrogen-bond acceptors (Lipinski definition) is 4. The smallest absolute Gasteiger partial charge is 0.425 e. The third kappa shape index (κ3) is 2.75. The second-order valence-corrected chi connectivity index (χ2v) is 3.00.